The molecule has 4 rings (SSSR count). The number of halogens is 1. The molecule has 116 valence electrons. The molecule has 0 aliphatic carbocycles. The van der Waals surface area contributed by atoms with Crippen LogP contribution in [0.2, 0.25) is 0 Å². The van der Waals surface area contributed by atoms with E-state index < -0.39 is 0 Å². The Balaban J connectivity index is 1.65. The number of carbonyl (C=O) groups excluding carboxylic acids is 1. The lowest BCUT2D eigenvalue weighted by molar-refractivity contribution is 0.0730. The van der Waals surface area contributed by atoms with Crippen LogP contribution in [0.1, 0.15) is 35.1 Å². The van der Waals surface area contributed by atoms with Crippen molar-refractivity contribution in [2.45, 2.75) is 18.9 Å². The second-order valence-electron chi connectivity index (χ2n) is 5.80. The molecule has 5 heteroatoms. The van der Waals surface area contributed by atoms with Gasteiger partial charge in [0.25, 0.3) is 5.91 Å². The number of para-hydroxylation sites is 2. The van der Waals surface area contributed by atoms with E-state index in [1.54, 1.807) is 0 Å². The summed E-state index contributed by atoms with van der Waals surface area (Å²) in [4.78, 5) is 22.5. The van der Waals surface area contributed by atoms with Crippen molar-refractivity contribution in [3.63, 3.8) is 0 Å². The van der Waals surface area contributed by atoms with Gasteiger partial charge in [-0.1, -0.05) is 12.1 Å². The minimum absolute atomic E-state index is 0.0556. The van der Waals surface area contributed by atoms with Crippen LogP contribution in [0.25, 0.3) is 11.0 Å². The molecule has 1 fully saturated rings. The summed E-state index contributed by atoms with van der Waals surface area (Å²) in [5, 5.41) is 0. The van der Waals surface area contributed by atoms with Crippen LogP contribution in [0.15, 0.2) is 48.5 Å². The third-order valence-corrected chi connectivity index (χ3v) is 4.33. The number of amides is 1. The molecule has 0 saturated carbocycles. The lowest BCUT2D eigenvalue weighted by Crippen LogP contribution is -2.31. The average Bonchev–Trinajstić information content (AvgIpc) is 3.21. The number of hydrogen-bond acceptors (Lipinski definition) is 2. The lowest BCUT2D eigenvalue weighted by atomic mass is 10.1. The number of aromatic nitrogens is 2. The molecule has 23 heavy (non-hydrogen) atoms. The molecule has 1 aromatic heterocycles. The van der Waals surface area contributed by atoms with E-state index in [0.29, 0.717) is 12.1 Å². The van der Waals surface area contributed by atoms with Crippen molar-refractivity contribution in [3.05, 3.63) is 65.7 Å². The number of imidazole rings is 1. The van der Waals surface area contributed by atoms with Crippen molar-refractivity contribution in [3.8, 4) is 0 Å². The SMILES string of the molecule is O=C(c1ccc(F)cc1)N1CCCC1c1nc2ccccc2[nH]1. The van der Waals surface area contributed by atoms with Gasteiger partial charge in [-0.25, -0.2) is 9.37 Å². The van der Waals surface area contributed by atoms with Gasteiger partial charge < -0.3 is 9.88 Å². The summed E-state index contributed by atoms with van der Waals surface area (Å²) in [6.45, 7) is 0.692. The molecule has 1 saturated heterocycles. The van der Waals surface area contributed by atoms with E-state index in [-0.39, 0.29) is 17.8 Å². The normalized spacial score (nSPS) is 17.8. The second-order valence-corrected chi connectivity index (χ2v) is 5.80. The summed E-state index contributed by atoms with van der Waals surface area (Å²) >= 11 is 0. The van der Waals surface area contributed by atoms with Crippen LogP contribution in [-0.4, -0.2) is 27.3 Å². The summed E-state index contributed by atoms with van der Waals surface area (Å²) in [5.41, 5.74) is 2.39. The van der Waals surface area contributed by atoms with E-state index in [1.807, 2.05) is 29.2 Å². The zero-order valence-electron chi connectivity index (χ0n) is 12.5. The van der Waals surface area contributed by atoms with Gasteiger partial charge in [-0.15, -0.1) is 0 Å². The highest BCUT2D eigenvalue weighted by Crippen LogP contribution is 2.32. The molecular weight excluding hydrogens is 293 g/mol. The number of likely N-dealkylation sites (tertiary alicyclic amines) is 1. The molecule has 0 radical (unpaired) electrons. The molecule has 3 aromatic rings. The van der Waals surface area contributed by atoms with Crippen LogP contribution in [0.5, 0.6) is 0 Å². The number of aromatic amines is 1. The molecule has 1 aliphatic rings. The molecular formula is C18H16FN3O. The predicted octanol–water partition coefficient (Wildman–Crippen LogP) is 3.68. The summed E-state index contributed by atoms with van der Waals surface area (Å²) in [7, 11) is 0. The highest BCUT2D eigenvalue weighted by Gasteiger charge is 2.32. The van der Waals surface area contributed by atoms with Crippen molar-refractivity contribution >= 4 is 16.9 Å². The van der Waals surface area contributed by atoms with Gasteiger partial charge in [0, 0.05) is 12.1 Å². The first kappa shape index (κ1) is 13.9. The molecule has 1 atom stereocenters. The Morgan fingerprint density at radius 2 is 1.96 bits per heavy atom. The van der Waals surface area contributed by atoms with Crippen molar-refractivity contribution in [2.75, 3.05) is 6.54 Å². The molecule has 2 heterocycles. The van der Waals surface area contributed by atoms with Crippen LogP contribution in [0, 0.1) is 5.82 Å². The Hall–Kier alpha value is -2.69. The number of nitrogens with zero attached hydrogens (tertiary/aromatic N) is 2. The number of nitrogens with one attached hydrogen (secondary N) is 1. The van der Waals surface area contributed by atoms with Gasteiger partial charge >= 0.3 is 0 Å². The number of carbonyl (C=O) groups is 1. The fourth-order valence-electron chi connectivity index (χ4n) is 3.18. The summed E-state index contributed by atoms with van der Waals surface area (Å²) < 4.78 is 13.0. The quantitative estimate of drug-likeness (QED) is 0.785. The van der Waals surface area contributed by atoms with Crippen molar-refractivity contribution in [2.24, 2.45) is 0 Å². The Kier molecular flexibility index (Phi) is 3.33. The molecule has 1 amide bonds. The van der Waals surface area contributed by atoms with Crippen LogP contribution >= 0.6 is 0 Å². The fraction of sp³-hybridized carbons (Fsp3) is 0.222. The molecule has 1 N–H and O–H groups in total. The van der Waals surface area contributed by atoms with Crippen molar-refractivity contribution in [1.29, 1.82) is 0 Å². The average molecular weight is 309 g/mol. The fourth-order valence-corrected chi connectivity index (χ4v) is 3.18. The second kappa shape index (κ2) is 5.50. The minimum Gasteiger partial charge on any atom is -0.340 e. The Labute approximate surface area is 133 Å². The number of H-pyrrole nitrogens is 1. The minimum atomic E-state index is -0.336. The Morgan fingerprint density at radius 3 is 2.74 bits per heavy atom. The van der Waals surface area contributed by atoms with Crippen LogP contribution in [-0.2, 0) is 0 Å². The topological polar surface area (TPSA) is 49.0 Å². The van der Waals surface area contributed by atoms with E-state index in [4.69, 9.17) is 0 Å². The first-order valence-electron chi connectivity index (χ1n) is 7.73. The smallest absolute Gasteiger partial charge is 0.254 e. The first-order valence-corrected chi connectivity index (χ1v) is 7.73. The van der Waals surface area contributed by atoms with E-state index in [1.165, 1.54) is 24.3 Å². The molecule has 1 aliphatic heterocycles. The van der Waals surface area contributed by atoms with Crippen molar-refractivity contribution in [1.82, 2.24) is 14.9 Å². The third kappa shape index (κ3) is 2.48. The zero-order valence-corrected chi connectivity index (χ0v) is 12.5. The highest BCUT2D eigenvalue weighted by molar-refractivity contribution is 5.94. The zero-order chi connectivity index (χ0) is 15.8. The van der Waals surface area contributed by atoms with Gasteiger partial charge in [0.2, 0.25) is 0 Å². The molecule has 4 nitrogen and oxygen atoms in total. The maximum atomic E-state index is 13.0. The largest absolute Gasteiger partial charge is 0.340 e. The van der Waals surface area contributed by atoms with E-state index in [2.05, 4.69) is 9.97 Å². The number of benzene rings is 2. The number of rotatable bonds is 2. The van der Waals surface area contributed by atoms with Crippen LogP contribution < -0.4 is 0 Å². The van der Waals surface area contributed by atoms with E-state index in [9.17, 15) is 9.18 Å². The molecule has 0 bridgehead atoms. The molecule has 0 spiro atoms. The van der Waals surface area contributed by atoms with Gasteiger partial charge in [-0.05, 0) is 49.2 Å². The van der Waals surface area contributed by atoms with Gasteiger partial charge in [0.15, 0.2) is 0 Å². The molecule has 1 unspecified atom stereocenters. The standard InChI is InChI=1S/C18H16FN3O/c19-13-9-7-12(8-10-13)18(23)22-11-3-6-16(22)17-20-14-4-1-2-5-15(14)21-17/h1-2,4-5,7-10,16H,3,6,11H2,(H,20,21). The summed E-state index contributed by atoms with van der Waals surface area (Å²) in [6.07, 6.45) is 1.82. The number of fused-ring (bicyclic) bond motifs is 1. The van der Waals surface area contributed by atoms with Crippen LogP contribution in [0.3, 0.4) is 0 Å². The van der Waals surface area contributed by atoms with Crippen LogP contribution in [0.4, 0.5) is 4.39 Å². The number of hydrogen-bond donors (Lipinski definition) is 1. The van der Waals surface area contributed by atoms with Gasteiger partial charge in [-0.3, -0.25) is 4.79 Å². The lowest BCUT2D eigenvalue weighted by Gasteiger charge is -2.23. The summed E-state index contributed by atoms with van der Waals surface area (Å²) in [6, 6.07) is 13.5. The maximum Gasteiger partial charge on any atom is 0.254 e. The van der Waals surface area contributed by atoms with E-state index >= 15 is 0 Å². The van der Waals surface area contributed by atoms with E-state index in [0.717, 1.165) is 29.7 Å². The van der Waals surface area contributed by atoms with Crippen molar-refractivity contribution < 1.29 is 9.18 Å². The first-order chi connectivity index (χ1) is 11.2. The Bertz CT molecular complexity index is 823. The van der Waals surface area contributed by atoms with Gasteiger partial charge in [-0.2, -0.15) is 0 Å². The summed E-state index contributed by atoms with van der Waals surface area (Å²) in [5.74, 6) is 0.406. The molecule has 2 aromatic carbocycles. The van der Waals surface area contributed by atoms with Gasteiger partial charge in [0.05, 0.1) is 17.1 Å². The third-order valence-electron chi connectivity index (χ3n) is 4.33. The predicted molar refractivity (Wildman–Crippen MR) is 85.5 cm³/mol. The van der Waals surface area contributed by atoms with Gasteiger partial charge in [0.1, 0.15) is 11.6 Å². The monoisotopic (exact) mass is 309 g/mol. The maximum absolute atomic E-state index is 13.0. The highest BCUT2D eigenvalue weighted by atomic mass is 19.1. The Morgan fingerprint density at radius 1 is 1.17 bits per heavy atom.